The minimum Gasteiger partial charge on any atom is -0.306 e. The number of nitrogens with zero attached hydrogens (tertiary/aromatic N) is 2. The van der Waals surface area contributed by atoms with Crippen LogP contribution in [0.2, 0.25) is 0 Å². The van der Waals surface area contributed by atoms with E-state index < -0.39 is 40.7 Å². The zero-order valence-electron chi connectivity index (χ0n) is 10.8. The van der Waals surface area contributed by atoms with Gasteiger partial charge in [0.2, 0.25) is 5.82 Å². The summed E-state index contributed by atoms with van der Waals surface area (Å²) in [6.07, 6.45) is 3.65. The van der Waals surface area contributed by atoms with E-state index >= 15 is 0 Å². The number of benzene rings is 1. The molecule has 0 saturated heterocycles. The van der Waals surface area contributed by atoms with Crippen molar-refractivity contribution in [3.8, 4) is 0 Å². The van der Waals surface area contributed by atoms with Gasteiger partial charge >= 0.3 is 0 Å². The lowest BCUT2D eigenvalue weighted by Gasteiger charge is -2.20. The first-order valence-electron chi connectivity index (χ1n) is 5.98. The number of aromatic nitrogens is 2. The maximum Gasteiger partial charge on any atom is 0.200 e. The highest BCUT2D eigenvalue weighted by molar-refractivity contribution is 5.33. The molecule has 2 aromatic rings. The summed E-state index contributed by atoms with van der Waals surface area (Å²) in [6, 6.07) is -1.25. The number of halogens is 5. The molecule has 1 N–H and O–H groups in total. The second-order valence-corrected chi connectivity index (χ2v) is 4.15. The third-order valence-corrected chi connectivity index (χ3v) is 2.85. The Labute approximate surface area is 116 Å². The molecule has 0 fully saturated rings. The largest absolute Gasteiger partial charge is 0.306 e. The van der Waals surface area contributed by atoms with Crippen LogP contribution < -0.4 is 5.32 Å². The molecule has 2 rings (SSSR count). The van der Waals surface area contributed by atoms with Crippen LogP contribution in [-0.4, -0.2) is 16.5 Å². The molecule has 0 spiro atoms. The average molecular weight is 303 g/mol. The number of nitrogens with one attached hydrogen (secondary N) is 1. The van der Waals surface area contributed by atoms with Crippen LogP contribution in [0, 0.1) is 29.1 Å². The highest BCUT2D eigenvalue weighted by Crippen LogP contribution is 2.30. The van der Waals surface area contributed by atoms with E-state index in [0.29, 0.717) is 0 Å². The maximum absolute atomic E-state index is 13.9. The van der Waals surface area contributed by atoms with Crippen LogP contribution in [0.15, 0.2) is 18.7 Å². The van der Waals surface area contributed by atoms with Crippen molar-refractivity contribution in [3.63, 3.8) is 0 Å². The van der Waals surface area contributed by atoms with Crippen molar-refractivity contribution >= 4 is 0 Å². The van der Waals surface area contributed by atoms with Crippen LogP contribution in [0.25, 0.3) is 0 Å². The fourth-order valence-corrected chi connectivity index (χ4v) is 1.93. The van der Waals surface area contributed by atoms with Crippen LogP contribution >= 0.6 is 0 Å². The quantitative estimate of drug-likeness (QED) is 0.536. The van der Waals surface area contributed by atoms with Gasteiger partial charge in [0.05, 0.1) is 11.6 Å². The predicted molar refractivity (Wildman–Crippen MR) is 63.8 cm³/mol. The highest BCUT2D eigenvalue weighted by atomic mass is 19.2. The molecule has 1 aromatic heterocycles. The molecule has 1 atom stereocenters. The Kier molecular flexibility index (Phi) is 4.46. The van der Waals surface area contributed by atoms with E-state index in [4.69, 9.17) is 0 Å². The molecular weight excluding hydrogens is 293 g/mol. The Balaban J connectivity index is 2.67. The van der Waals surface area contributed by atoms with Gasteiger partial charge in [-0.05, 0) is 6.54 Å². The van der Waals surface area contributed by atoms with Crippen molar-refractivity contribution in [1.29, 1.82) is 0 Å². The Morgan fingerprint density at radius 2 is 1.38 bits per heavy atom. The van der Waals surface area contributed by atoms with Crippen LogP contribution in [0.3, 0.4) is 0 Å². The molecule has 0 aliphatic heterocycles. The number of rotatable bonds is 4. The summed E-state index contributed by atoms with van der Waals surface area (Å²) in [4.78, 5) is 7.35. The molecule has 1 aromatic carbocycles. The van der Waals surface area contributed by atoms with Crippen molar-refractivity contribution in [2.45, 2.75) is 13.0 Å². The summed E-state index contributed by atoms with van der Waals surface area (Å²) < 4.78 is 67.4. The summed E-state index contributed by atoms with van der Waals surface area (Å²) in [5.41, 5.74) is -0.773. The van der Waals surface area contributed by atoms with Crippen LogP contribution in [0.5, 0.6) is 0 Å². The van der Waals surface area contributed by atoms with Gasteiger partial charge in [0.1, 0.15) is 6.33 Å². The average Bonchev–Trinajstić information content (AvgIpc) is 2.51. The summed E-state index contributed by atoms with van der Waals surface area (Å²) in [7, 11) is 0. The van der Waals surface area contributed by atoms with Crippen LogP contribution in [0.1, 0.15) is 24.1 Å². The van der Waals surface area contributed by atoms with Crippen molar-refractivity contribution in [2.75, 3.05) is 6.54 Å². The van der Waals surface area contributed by atoms with E-state index in [1.54, 1.807) is 6.92 Å². The van der Waals surface area contributed by atoms with Gasteiger partial charge in [0.15, 0.2) is 23.3 Å². The Hall–Kier alpha value is -2.09. The van der Waals surface area contributed by atoms with Crippen molar-refractivity contribution < 1.29 is 22.0 Å². The van der Waals surface area contributed by atoms with Crippen molar-refractivity contribution in [1.82, 2.24) is 15.3 Å². The number of hydrogen-bond donors (Lipinski definition) is 1. The van der Waals surface area contributed by atoms with Gasteiger partial charge in [-0.25, -0.2) is 31.9 Å². The predicted octanol–water partition coefficient (Wildman–Crippen LogP) is 2.87. The Bertz CT molecular complexity index is 619. The lowest BCUT2D eigenvalue weighted by Crippen LogP contribution is -2.26. The summed E-state index contributed by atoms with van der Waals surface area (Å²) in [5, 5.41) is 2.65. The van der Waals surface area contributed by atoms with E-state index in [2.05, 4.69) is 15.3 Å². The van der Waals surface area contributed by atoms with E-state index in [1.165, 1.54) is 18.7 Å². The monoisotopic (exact) mass is 303 g/mol. The van der Waals surface area contributed by atoms with E-state index in [-0.39, 0.29) is 12.1 Å². The summed E-state index contributed by atoms with van der Waals surface area (Å²) >= 11 is 0. The molecule has 3 nitrogen and oxygen atoms in total. The van der Waals surface area contributed by atoms with Gasteiger partial charge in [-0.3, -0.25) is 0 Å². The molecule has 0 aliphatic rings. The van der Waals surface area contributed by atoms with Gasteiger partial charge in [0, 0.05) is 18.0 Å². The van der Waals surface area contributed by atoms with E-state index in [9.17, 15) is 22.0 Å². The summed E-state index contributed by atoms with van der Waals surface area (Å²) in [6.45, 7) is 1.86. The molecule has 0 amide bonds. The molecule has 0 saturated carbocycles. The lowest BCUT2D eigenvalue weighted by atomic mass is 9.99. The van der Waals surface area contributed by atoms with Crippen molar-refractivity contribution in [2.24, 2.45) is 0 Å². The topological polar surface area (TPSA) is 37.8 Å². The van der Waals surface area contributed by atoms with Gasteiger partial charge in [-0.1, -0.05) is 6.92 Å². The molecule has 1 heterocycles. The fourth-order valence-electron chi connectivity index (χ4n) is 1.93. The molecule has 0 radical (unpaired) electrons. The Morgan fingerprint density at radius 1 is 0.905 bits per heavy atom. The first-order chi connectivity index (χ1) is 9.99. The molecule has 21 heavy (non-hydrogen) atoms. The molecule has 112 valence electrons. The van der Waals surface area contributed by atoms with Crippen LogP contribution in [0.4, 0.5) is 22.0 Å². The smallest absolute Gasteiger partial charge is 0.200 e. The van der Waals surface area contributed by atoms with Crippen molar-refractivity contribution in [3.05, 3.63) is 58.9 Å². The molecule has 0 bridgehead atoms. The third-order valence-electron chi connectivity index (χ3n) is 2.85. The first-order valence-corrected chi connectivity index (χ1v) is 5.98. The normalized spacial score (nSPS) is 12.5. The second-order valence-electron chi connectivity index (χ2n) is 4.15. The lowest BCUT2D eigenvalue weighted by molar-refractivity contribution is 0.362. The van der Waals surface area contributed by atoms with Gasteiger partial charge in [-0.15, -0.1) is 0 Å². The highest BCUT2D eigenvalue weighted by Gasteiger charge is 2.31. The molecule has 0 aliphatic carbocycles. The van der Waals surface area contributed by atoms with E-state index in [0.717, 1.165) is 0 Å². The van der Waals surface area contributed by atoms with Crippen LogP contribution in [-0.2, 0) is 0 Å². The van der Waals surface area contributed by atoms with Gasteiger partial charge < -0.3 is 5.32 Å². The molecular formula is C13H10F5N3. The minimum absolute atomic E-state index is 0.183. The molecule has 1 unspecified atom stereocenters. The number of hydrogen-bond acceptors (Lipinski definition) is 3. The third kappa shape index (κ3) is 2.71. The first kappa shape index (κ1) is 15.3. The summed E-state index contributed by atoms with van der Waals surface area (Å²) in [5.74, 6) is -9.90. The fraction of sp³-hybridized carbons (Fsp3) is 0.231. The van der Waals surface area contributed by atoms with Gasteiger partial charge in [0.25, 0.3) is 0 Å². The standard InChI is InChI=1S/C13H10F5N3/c1-2-21-13(6-3-19-5-20-4-6)7-8(14)10(16)12(18)11(17)9(7)15/h3-5,13,21H,2H2,1H3. The minimum atomic E-state index is -2.19. The molecule has 8 heteroatoms. The zero-order chi connectivity index (χ0) is 15.6. The second kappa shape index (κ2) is 6.13. The maximum atomic E-state index is 13.9. The van der Waals surface area contributed by atoms with Gasteiger partial charge in [-0.2, -0.15) is 0 Å². The SMILES string of the molecule is CCNC(c1cncnc1)c1c(F)c(F)c(F)c(F)c1F. The Morgan fingerprint density at radius 3 is 1.86 bits per heavy atom. The van der Waals surface area contributed by atoms with E-state index in [1.807, 2.05) is 0 Å². The zero-order valence-corrected chi connectivity index (χ0v) is 10.8.